The fraction of sp³-hybridized carbons (Fsp3) is 0.375. The molecule has 0 saturated carbocycles. The van der Waals surface area contributed by atoms with Gasteiger partial charge in [0, 0.05) is 20.1 Å². The zero-order valence-electron chi connectivity index (χ0n) is 13.9. The lowest BCUT2D eigenvalue weighted by molar-refractivity contribution is 0.747. The van der Waals surface area contributed by atoms with Crippen molar-refractivity contribution in [2.75, 3.05) is 18.0 Å². The molecule has 0 amide bonds. The Morgan fingerprint density at radius 3 is 2.56 bits per heavy atom. The molecule has 1 fully saturated rings. The van der Waals surface area contributed by atoms with Gasteiger partial charge >= 0.3 is 0 Å². The molecule has 0 radical (unpaired) electrons. The van der Waals surface area contributed by atoms with Crippen molar-refractivity contribution >= 4 is 46.9 Å². The fourth-order valence-corrected chi connectivity index (χ4v) is 3.37. The maximum Gasteiger partial charge on any atom is 0.245 e. The average molecular weight is 378 g/mol. The molecule has 3 aromatic rings. The number of aryl methyl sites for hydroxylation is 2. The molecule has 130 valence electrons. The van der Waals surface area contributed by atoms with Crippen molar-refractivity contribution in [3.8, 4) is 0 Å². The summed E-state index contributed by atoms with van der Waals surface area (Å²) in [5, 5.41) is 9.96. The molecule has 1 aliphatic heterocycles. The number of fused-ring (bicyclic) bond motifs is 1. The van der Waals surface area contributed by atoms with Crippen LogP contribution in [-0.4, -0.2) is 42.5 Å². The van der Waals surface area contributed by atoms with E-state index in [-0.39, 0.29) is 0 Å². The summed E-state index contributed by atoms with van der Waals surface area (Å²) in [4.78, 5) is 11.2. The lowest BCUT2D eigenvalue weighted by Crippen LogP contribution is -2.19. The lowest BCUT2D eigenvalue weighted by Gasteiger charge is -2.10. The molecule has 7 nitrogen and oxygen atoms in total. The van der Waals surface area contributed by atoms with Crippen LogP contribution in [0, 0.1) is 6.92 Å². The van der Waals surface area contributed by atoms with E-state index in [1.54, 1.807) is 21.3 Å². The number of nitrogens with zero attached hydrogens (tertiary/aromatic N) is 7. The Bertz CT molecular complexity index is 967. The van der Waals surface area contributed by atoms with E-state index >= 15 is 0 Å². The van der Waals surface area contributed by atoms with E-state index in [9.17, 15) is 0 Å². The highest BCUT2D eigenvalue weighted by Gasteiger charge is 2.17. The highest BCUT2D eigenvalue weighted by molar-refractivity contribution is 6.36. The predicted molar refractivity (Wildman–Crippen MR) is 99.1 cm³/mol. The van der Waals surface area contributed by atoms with Gasteiger partial charge in [0.05, 0.1) is 15.7 Å². The molecule has 25 heavy (non-hydrogen) atoms. The van der Waals surface area contributed by atoms with Crippen LogP contribution in [0.5, 0.6) is 0 Å². The second kappa shape index (κ2) is 6.31. The van der Waals surface area contributed by atoms with Gasteiger partial charge in [-0.2, -0.15) is 4.98 Å². The van der Waals surface area contributed by atoms with Gasteiger partial charge in [0.1, 0.15) is 0 Å². The van der Waals surface area contributed by atoms with Gasteiger partial charge in [-0.25, -0.2) is 14.2 Å². The topological polar surface area (TPSA) is 64.1 Å². The number of pyridine rings is 1. The van der Waals surface area contributed by atoms with Gasteiger partial charge in [0.2, 0.25) is 5.95 Å². The van der Waals surface area contributed by atoms with E-state index in [1.807, 2.05) is 20.0 Å². The third kappa shape index (κ3) is 2.98. The molecule has 0 atom stereocenters. The van der Waals surface area contributed by atoms with E-state index in [4.69, 9.17) is 23.2 Å². The van der Waals surface area contributed by atoms with Crippen LogP contribution in [0.2, 0.25) is 10.0 Å². The number of anilines is 1. The molecule has 0 aliphatic carbocycles. The van der Waals surface area contributed by atoms with E-state index in [1.165, 1.54) is 12.8 Å². The van der Waals surface area contributed by atoms with Crippen LogP contribution in [0.4, 0.5) is 5.95 Å². The van der Waals surface area contributed by atoms with Crippen molar-refractivity contribution in [3.63, 3.8) is 0 Å². The number of halogens is 2. The molecule has 3 aromatic heterocycles. The van der Waals surface area contributed by atoms with Gasteiger partial charge in [-0.15, -0.1) is 10.2 Å². The zero-order chi connectivity index (χ0) is 17.6. The van der Waals surface area contributed by atoms with Crippen LogP contribution < -0.4 is 4.90 Å². The van der Waals surface area contributed by atoms with Crippen LogP contribution in [-0.2, 0) is 7.05 Å². The van der Waals surface area contributed by atoms with Gasteiger partial charge in [-0.05, 0) is 38.0 Å². The van der Waals surface area contributed by atoms with Crippen molar-refractivity contribution in [2.45, 2.75) is 19.8 Å². The summed E-state index contributed by atoms with van der Waals surface area (Å²) in [6.45, 7) is 3.90. The Hall–Kier alpha value is -2.12. The number of rotatable bonds is 3. The molecule has 4 rings (SSSR count). The van der Waals surface area contributed by atoms with Crippen molar-refractivity contribution < 1.29 is 0 Å². The summed E-state index contributed by atoms with van der Waals surface area (Å²) >= 11 is 12.3. The van der Waals surface area contributed by atoms with E-state index in [2.05, 4.69) is 25.1 Å². The third-order valence-electron chi connectivity index (χ3n) is 4.31. The summed E-state index contributed by atoms with van der Waals surface area (Å²) < 4.78 is 3.41. The van der Waals surface area contributed by atoms with E-state index in [0.717, 1.165) is 30.6 Å². The van der Waals surface area contributed by atoms with Gasteiger partial charge in [-0.1, -0.05) is 23.2 Å². The molecule has 1 saturated heterocycles. The summed E-state index contributed by atoms with van der Waals surface area (Å²) in [6, 6.07) is 1.68. The maximum atomic E-state index is 6.20. The summed E-state index contributed by atoms with van der Waals surface area (Å²) in [6.07, 6.45) is 6.04. The molecule has 0 spiro atoms. The van der Waals surface area contributed by atoms with Crippen LogP contribution in [0.3, 0.4) is 0 Å². The first kappa shape index (κ1) is 16.4. The Kier molecular flexibility index (Phi) is 4.13. The van der Waals surface area contributed by atoms with Gasteiger partial charge in [-0.3, -0.25) is 0 Å². The van der Waals surface area contributed by atoms with E-state index in [0.29, 0.717) is 21.5 Å². The van der Waals surface area contributed by atoms with Gasteiger partial charge in [0.15, 0.2) is 17.3 Å². The Labute approximate surface area is 154 Å². The van der Waals surface area contributed by atoms with Crippen LogP contribution >= 0.6 is 23.2 Å². The maximum absolute atomic E-state index is 6.20. The monoisotopic (exact) mass is 377 g/mol. The van der Waals surface area contributed by atoms with E-state index < -0.39 is 0 Å². The molecule has 0 N–H and O–H groups in total. The van der Waals surface area contributed by atoms with Crippen molar-refractivity contribution in [1.82, 2.24) is 29.4 Å². The smallest absolute Gasteiger partial charge is 0.245 e. The second-order valence-electron chi connectivity index (χ2n) is 6.05. The molecule has 4 heterocycles. The zero-order valence-corrected chi connectivity index (χ0v) is 15.5. The minimum Gasteiger partial charge on any atom is -0.340 e. The second-order valence-corrected chi connectivity index (χ2v) is 6.87. The predicted octanol–water partition coefficient (Wildman–Crippen LogP) is 3.24. The van der Waals surface area contributed by atoms with Gasteiger partial charge < -0.3 is 4.90 Å². The minimum absolute atomic E-state index is 0.470. The fourth-order valence-electron chi connectivity index (χ4n) is 2.90. The lowest BCUT2D eigenvalue weighted by atomic mass is 10.4. The Morgan fingerprint density at radius 1 is 1.04 bits per heavy atom. The molecule has 0 unspecified atom stereocenters. The van der Waals surface area contributed by atoms with Crippen LogP contribution in [0.1, 0.15) is 30.2 Å². The first-order valence-corrected chi connectivity index (χ1v) is 8.84. The van der Waals surface area contributed by atoms with Gasteiger partial charge in [0.25, 0.3) is 0 Å². The van der Waals surface area contributed by atoms with Crippen molar-refractivity contribution in [3.05, 3.63) is 33.5 Å². The minimum atomic E-state index is 0.470. The molecule has 0 aromatic carbocycles. The first-order valence-electron chi connectivity index (χ1n) is 8.08. The molecular weight excluding hydrogens is 361 g/mol. The summed E-state index contributed by atoms with van der Waals surface area (Å²) in [7, 11) is 1.88. The van der Waals surface area contributed by atoms with Crippen molar-refractivity contribution in [2.24, 2.45) is 7.05 Å². The van der Waals surface area contributed by atoms with Crippen LogP contribution in [0.25, 0.3) is 17.8 Å². The normalized spacial score (nSPS) is 15.1. The SMILES string of the molecule is Cc1c(Cl)cc(Cl)c2nc(C=Cc3nc(N4CCCC4)nn3C)nn12. The summed E-state index contributed by atoms with van der Waals surface area (Å²) in [5.74, 6) is 2.06. The number of hydrogen-bond acceptors (Lipinski definition) is 5. The molecule has 9 heteroatoms. The number of hydrogen-bond donors (Lipinski definition) is 0. The largest absolute Gasteiger partial charge is 0.340 e. The highest BCUT2D eigenvalue weighted by Crippen LogP contribution is 2.24. The quantitative estimate of drug-likeness (QED) is 0.700. The Balaban J connectivity index is 1.65. The van der Waals surface area contributed by atoms with Crippen molar-refractivity contribution in [1.29, 1.82) is 0 Å². The average Bonchev–Trinajstić information content (AvgIpc) is 3.30. The standard InChI is InChI=1S/C16H17Cl2N7/c1-10-11(17)9-12(18)15-19-13(21-25(10)15)5-6-14-20-16(22-23(14)2)24-7-3-4-8-24/h5-6,9H,3-4,7-8H2,1-2H3. The first-order chi connectivity index (χ1) is 12.0. The molecular formula is C16H17Cl2N7. The summed E-state index contributed by atoms with van der Waals surface area (Å²) in [5.41, 5.74) is 1.38. The molecule has 0 bridgehead atoms. The third-order valence-corrected chi connectivity index (χ3v) is 4.97. The number of aromatic nitrogens is 6. The highest BCUT2D eigenvalue weighted by atomic mass is 35.5. The molecule has 1 aliphatic rings. The van der Waals surface area contributed by atoms with Crippen LogP contribution in [0.15, 0.2) is 6.07 Å². The Morgan fingerprint density at radius 2 is 1.80 bits per heavy atom.